The molecule has 0 aliphatic heterocycles. The molecular formula is C11H11ClFN. The summed E-state index contributed by atoms with van der Waals surface area (Å²) in [5.74, 6) is 5.19. The molecule has 3 heteroatoms. The predicted octanol–water partition coefficient (Wildman–Crippen LogP) is 2.89. The van der Waals surface area contributed by atoms with E-state index < -0.39 is 6.04 Å². The minimum absolute atomic E-state index is 0.334. The SMILES string of the molecule is CC#CCC(N)c1cc(Cl)ccc1F. The second kappa shape index (κ2) is 4.99. The van der Waals surface area contributed by atoms with Crippen molar-refractivity contribution in [2.75, 3.05) is 0 Å². The van der Waals surface area contributed by atoms with E-state index in [1.807, 2.05) is 0 Å². The quantitative estimate of drug-likeness (QED) is 0.748. The van der Waals surface area contributed by atoms with Crippen LogP contribution in [-0.4, -0.2) is 0 Å². The molecule has 0 aromatic heterocycles. The zero-order chi connectivity index (χ0) is 10.6. The molecule has 0 aliphatic rings. The van der Waals surface area contributed by atoms with Gasteiger partial charge in [0.1, 0.15) is 5.82 Å². The van der Waals surface area contributed by atoms with E-state index >= 15 is 0 Å². The van der Waals surface area contributed by atoms with Crippen molar-refractivity contribution in [2.24, 2.45) is 5.73 Å². The second-order valence-corrected chi connectivity index (χ2v) is 3.34. The first-order valence-electron chi connectivity index (χ1n) is 4.25. The summed E-state index contributed by atoms with van der Waals surface area (Å²) in [4.78, 5) is 0. The van der Waals surface area contributed by atoms with Gasteiger partial charge in [0.2, 0.25) is 0 Å². The molecule has 0 aliphatic carbocycles. The molecule has 2 N–H and O–H groups in total. The molecule has 14 heavy (non-hydrogen) atoms. The monoisotopic (exact) mass is 211 g/mol. The fraction of sp³-hybridized carbons (Fsp3) is 0.273. The summed E-state index contributed by atoms with van der Waals surface area (Å²) in [5.41, 5.74) is 6.17. The first kappa shape index (κ1) is 11.0. The molecule has 0 radical (unpaired) electrons. The van der Waals surface area contributed by atoms with E-state index in [0.29, 0.717) is 17.0 Å². The summed E-state index contributed by atoms with van der Waals surface area (Å²) in [7, 11) is 0. The summed E-state index contributed by atoms with van der Waals surface area (Å²) in [6, 6.07) is 3.94. The average Bonchev–Trinajstić information content (AvgIpc) is 2.18. The Balaban J connectivity index is 2.91. The maximum Gasteiger partial charge on any atom is 0.128 e. The fourth-order valence-electron chi connectivity index (χ4n) is 1.12. The van der Waals surface area contributed by atoms with E-state index in [9.17, 15) is 4.39 Å². The van der Waals surface area contributed by atoms with E-state index in [1.165, 1.54) is 12.1 Å². The lowest BCUT2D eigenvalue weighted by Gasteiger charge is -2.09. The highest BCUT2D eigenvalue weighted by molar-refractivity contribution is 6.30. The first-order valence-corrected chi connectivity index (χ1v) is 4.63. The van der Waals surface area contributed by atoms with Gasteiger partial charge in [0.05, 0.1) is 0 Å². The van der Waals surface area contributed by atoms with Crippen LogP contribution in [-0.2, 0) is 0 Å². The lowest BCUT2D eigenvalue weighted by Crippen LogP contribution is -2.11. The molecule has 1 unspecified atom stereocenters. The van der Waals surface area contributed by atoms with Crippen molar-refractivity contribution in [3.05, 3.63) is 34.6 Å². The molecule has 0 spiro atoms. The Morgan fingerprint density at radius 1 is 1.57 bits per heavy atom. The number of rotatable bonds is 2. The van der Waals surface area contributed by atoms with Crippen molar-refractivity contribution >= 4 is 11.6 Å². The third kappa shape index (κ3) is 2.73. The molecule has 0 heterocycles. The third-order valence-electron chi connectivity index (χ3n) is 1.86. The van der Waals surface area contributed by atoms with Crippen LogP contribution in [0.5, 0.6) is 0 Å². The molecule has 1 aromatic rings. The standard InChI is InChI=1S/C11H11ClFN/c1-2-3-4-11(14)9-7-8(12)5-6-10(9)13/h5-7,11H,4,14H2,1H3. The van der Waals surface area contributed by atoms with E-state index in [-0.39, 0.29) is 5.82 Å². The van der Waals surface area contributed by atoms with E-state index in [2.05, 4.69) is 11.8 Å². The van der Waals surface area contributed by atoms with Crippen molar-refractivity contribution in [3.63, 3.8) is 0 Å². The largest absolute Gasteiger partial charge is 0.323 e. The maximum absolute atomic E-state index is 13.3. The summed E-state index contributed by atoms with van der Waals surface area (Å²) in [6.45, 7) is 1.72. The van der Waals surface area contributed by atoms with Gasteiger partial charge >= 0.3 is 0 Å². The van der Waals surface area contributed by atoms with E-state index in [1.54, 1.807) is 13.0 Å². The van der Waals surface area contributed by atoms with Crippen molar-refractivity contribution in [1.82, 2.24) is 0 Å². The Labute approximate surface area is 88.1 Å². The molecule has 1 aromatic carbocycles. The van der Waals surface area contributed by atoms with Crippen LogP contribution in [0.15, 0.2) is 18.2 Å². The molecule has 0 saturated heterocycles. The normalized spacial score (nSPS) is 11.7. The van der Waals surface area contributed by atoms with E-state index in [0.717, 1.165) is 0 Å². The molecule has 0 bridgehead atoms. The van der Waals surface area contributed by atoms with Crippen LogP contribution >= 0.6 is 11.6 Å². The van der Waals surface area contributed by atoms with Crippen molar-refractivity contribution < 1.29 is 4.39 Å². The Hall–Kier alpha value is -1.04. The van der Waals surface area contributed by atoms with Crippen LogP contribution in [0.25, 0.3) is 0 Å². The highest BCUT2D eigenvalue weighted by Crippen LogP contribution is 2.21. The average molecular weight is 212 g/mol. The van der Waals surface area contributed by atoms with Crippen molar-refractivity contribution in [1.29, 1.82) is 0 Å². The summed E-state index contributed by atoms with van der Waals surface area (Å²) in [5, 5.41) is 0.487. The third-order valence-corrected chi connectivity index (χ3v) is 2.09. The van der Waals surface area contributed by atoms with Gasteiger partial charge in [0.15, 0.2) is 0 Å². The molecule has 0 fully saturated rings. The van der Waals surface area contributed by atoms with Crippen molar-refractivity contribution in [3.8, 4) is 11.8 Å². The summed E-state index contributed by atoms with van der Waals surface area (Å²) in [6.07, 6.45) is 0.438. The van der Waals surface area contributed by atoms with Gasteiger partial charge in [-0.2, -0.15) is 0 Å². The van der Waals surface area contributed by atoms with Crippen LogP contribution in [0.4, 0.5) is 4.39 Å². The van der Waals surface area contributed by atoms with Gasteiger partial charge in [-0.25, -0.2) is 4.39 Å². The Bertz CT molecular complexity index is 379. The highest BCUT2D eigenvalue weighted by Gasteiger charge is 2.10. The highest BCUT2D eigenvalue weighted by atomic mass is 35.5. The zero-order valence-corrected chi connectivity index (χ0v) is 8.61. The topological polar surface area (TPSA) is 26.0 Å². The van der Waals surface area contributed by atoms with Gasteiger partial charge in [-0.1, -0.05) is 11.6 Å². The van der Waals surface area contributed by atoms with Crippen LogP contribution in [0.1, 0.15) is 24.9 Å². The molecule has 0 amide bonds. The fourth-order valence-corrected chi connectivity index (χ4v) is 1.30. The maximum atomic E-state index is 13.3. The Kier molecular flexibility index (Phi) is 3.94. The summed E-state index contributed by atoms with van der Waals surface area (Å²) >= 11 is 5.74. The number of halogens is 2. The number of nitrogens with two attached hydrogens (primary N) is 1. The van der Waals surface area contributed by atoms with Crippen LogP contribution in [0, 0.1) is 17.7 Å². The Morgan fingerprint density at radius 3 is 2.93 bits per heavy atom. The predicted molar refractivity (Wildman–Crippen MR) is 56.4 cm³/mol. The second-order valence-electron chi connectivity index (χ2n) is 2.90. The minimum atomic E-state index is -0.416. The minimum Gasteiger partial charge on any atom is -0.323 e. The lowest BCUT2D eigenvalue weighted by molar-refractivity contribution is 0.585. The smallest absolute Gasteiger partial charge is 0.128 e. The Morgan fingerprint density at radius 2 is 2.29 bits per heavy atom. The molecule has 1 rings (SSSR count). The zero-order valence-electron chi connectivity index (χ0n) is 7.85. The van der Waals surface area contributed by atoms with Gasteiger partial charge in [-0.15, -0.1) is 11.8 Å². The van der Waals surface area contributed by atoms with Crippen LogP contribution < -0.4 is 5.73 Å². The molecule has 0 saturated carbocycles. The number of hydrogen-bond acceptors (Lipinski definition) is 1. The molecule has 1 atom stereocenters. The first-order chi connectivity index (χ1) is 6.65. The van der Waals surface area contributed by atoms with E-state index in [4.69, 9.17) is 17.3 Å². The summed E-state index contributed by atoms with van der Waals surface area (Å²) < 4.78 is 13.3. The molecule has 74 valence electrons. The van der Waals surface area contributed by atoms with Gasteiger partial charge in [0, 0.05) is 23.0 Å². The van der Waals surface area contributed by atoms with Crippen LogP contribution in [0.2, 0.25) is 5.02 Å². The van der Waals surface area contributed by atoms with Gasteiger partial charge in [0.25, 0.3) is 0 Å². The lowest BCUT2D eigenvalue weighted by atomic mass is 10.0. The number of benzene rings is 1. The van der Waals surface area contributed by atoms with Crippen LogP contribution in [0.3, 0.4) is 0 Å². The van der Waals surface area contributed by atoms with Gasteiger partial charge in [-0.05, 0) is 25.1 Å². The molecular weight excluding hydrogens is 201 g/mol. The number of hydrogen-bond donors (Lipinski definition) is 1. The van der Waals surface area contributed by atoms with Crippen molar-refractivity contribution in [2.45, 2.75) is 19.4 Å². The van der Waals surface area contributed by atoms with Gasteiger partial charge < -0.3 is 5.73 Å². The molecule has 1 nitrogen and oxygen atoms in total. The van der Waals surface area contributed by atoms with Gasteiger partial charge in [-0.3, -0.25) is 0 Å².